The fourth-order valence-electron chi connectivity index (χ4n) is 3.40. The normalized spacial score (nSPS) is 13.7. The lowest BCUT2D eigenvalue weighted by Crippen LogP contribution is -2.49. The Balaban J connectivity index is 1.31. The summed E-state index contributed by atoms with van der Waals surface area (Å²) in [5, 5.41) is 0. The molecule has 4 rings (SSSR count). The molecule has 0 bridgehead atoms. The topological polar surface area (TPSA) is 54.9 Å². The Bertz CT molecular complexity index is 942. The molecule has 2 aromatic carbocycles. The minimum atomic E-state index is -0.273. The van der Waals surface area contributed by atoms with Gasteiger partial charge in [0.15, 0.2) is 0 Å². The van der Waals surface area contributed by atoms with E-state index in [2.05, 4.69) is 9.88 Å². The number of piperazine rings is 1. The Labute approximate surface area is 176 Å². The summed E-state index contributed by atoms with van der Waals surface area (Å²) in [6.07, 6.45) is 1.46. The number of hydrogen-bond donors (Lipinski definition) is 0. The third kappa shape index (κ3) is 5.08. The van der Waals surface area contributed by atoms with Gasteiger partial charge in [0.25, 0.3) is 0 Å². The van der Waals surface area contributed by atoms with Crippen LogP contribution in [0.2, 0.25) is 0 Å². The molecule has 1 saturated heterocycles. The molecule has 2 heterocycles. The maximum absolute atomic E-state index is 12.4. The zero-order valence-electron chi connectivity index (χ0n) is 16.8. The maximum atomic E-state index is 12.4. The van der Waals surface area contributed by atoms with Crippen LogP contribution in [0.5, 0.6) is 5.88 Å². The number of pyridine rings is 1. The third-order valence-electron chi connectivity index (χ3n) is 5.05. The molecule has 1 aromatic heterocycles. The van der Waals surface area contributed by atoms with Gasteiger partial charge in [-0.3, -0.25) is 0 Å². The van der Waals surface area contributed by atoms with E-state index in [0.29, 0.717) is 45.3 Å². The van der Waals surface area contributed by atoms with Gasteiger partial charge in [0.05, 0.1) is 5.69 Å². The van der Waals surface area contributed by atoms with Crippen molar-refractivity contribution in [3.63, 3.8) is 0 Å². The van der Waals surface area contributed by atoms with Gasteiger partial charge >= 0.3 is 6.09 Å². The fraction of sp³-hybridized carbons (Fsp3) is 0.250. The minimum Gasteiger partial charge on any atom is -0.471 e. The van der Waals surface area contributed by atoms with Crippen molar-refractivity contribution in [2.24, 2.45) is 0 Å². The second-order valence-electron chi connectivity index (χ2n) is 7.12. The monoisotopic (exact) mass is 403 g/mol. The van der Waals surface area contributed by atoms with E-state index in [1.54, 1.807) is 11.1 Å². The number of nitrogens with zero attached hydrogens (tertiary/aromatic N) is 3. The van der Waals surface area contributed by atoms with Crippen molar-refractivity contribution in [2.75, 3.05) is 31.1 Å². The maximum Gasteiger partial charge on any atom is 0.410 e. The first-order chi connectivity index (χ1) is 14.8. The summed E-state index contributed by atoms with van der Waals surface area (Å²) in [7, 11) is 0. The number of hydrogen-bond acceptors (Lipinski definition) is 5. The number of carbonyl (C=O) groups is 1. The molecule has 0 spiro atoms. The highest BCUT2D eigenvalue weighted by Crippen LogP contribution is 2.27. The summed E-state index contributed by atoms with van der Waals surface area (Å²) in [4.78, 5) is 20.8. The lowest BCUT2D eigenvalue weighted by molar-refractivity contribution is 0.0941. The zero-order chi connectivity index (χ0) is 20.6. The zero-order valence-corrected chi connectivity index (χ0v) is 16.8. The number of rotatable bonds is 6. The number of anilines is 1. The van der Waals surface area contributed by atoms with Crippen molar-refractivity contribution in [1.82, 2.24) is 9.88 Å². The molecule has 1 fully saturated rings. The molecule has 0 saturated carbocycles. The number of ether oxygens (including phenoxy) is 2. The second-order valence-corrected chi connectivity index (χ2v) is 7.12. The van der Waals surface area contributed by atoms with E-state index < -0.39 is 0 Å². The van der Waals surface area contributed by atoms with Crippen LogP contribution in [0.15, 0.2) is 79.0 Å². The van der Waals surface area contributed by atoms with E-state index in [9.17, 15) is 4.79 Å². The molecule has 1 aliphatic heterocycles. The minimum absolute atomic E-state index is 0.273. The van der Waals surface area contributed by atoms with E-state index in [4.69, 9.17) is 9.47 Å². The number of benzene rings is 2. The Morgan fingerprint density at radius 3 is 2.10 bits per heavy atom. The summed E-state index contributed by atoms with van der Waals surface area (Å²) in [6.45, 7) is 3.36. The lowest BCUT2D eigenvalue weighted by Gasteiger charge is -2.35. The van der Waals surface area contributed by atoms with Crippen LogP contribution >= 0.6 is 0 Å². The summed E-state index contributed by atoms with van der Waals surface area (Å²) in [5.41, 5.74) is 3.03. The third-order valence-corrected chi connectivity index (χ3v) is 5.05. The van der Waals surface area contributed by atoms with E-state index in [-0.39, 0.29) is 6.09 Å². The number of amides is 1. The molecule has 3 aromatic rings. The fourth-order valence-corrected chi connectivity index (χ4v) is 3.40. The highest BCUT2D eigenvalue weighted by molar-refractivity contribution is 5.68. The summed E-state index contributed by atoms with van der Waals surface area (Å²) in [6, 6.07) is 23.7. The van der Waals surface area contributed by atoms with Crippen molar-refractivity contribution in [3.05, 3.63) is 90.1 Å². The molecule has 0 N–H and O–H groups in total. The van der Waals surface area contributed by atoms with Crippen LogP contribution in [0.1, 0.15) is 11.1 Å². The van der Waals surface area contributed by atoms with E-state index in [1.165, 1.54) is 0 Å². The van der Waals surface area contributed by atoms with Crippen LogP contribution < -0.4 is 9.64 Å². The first-order valence-electron chi connectivity index (χ1n) is 10.1. The summed E-state index contributed by atoms with van der Waals surface area (Å²) in [5.74, 6) is 0.612. The predicted molar refractivity (Wildman–Crippen MR) is 115 cm³/mol. The molecular formula is C24H25N3O3. The van der Waals surface area contributed by atoms with Crippen LogP contribution in [0, 0.1) is 0 Å². The van der Waals surface area contributed by atoms with Gasteiger partial charge in [-0.25, -0.2) is 9.78 Å². The highest BCUT2D eigenvalue weighted by atomic mass is 16.6. The number of carbonyl (C=O) groups excluding carboxylic acids is 1. The van der Waals surface area contributed by atoms with Crippen molar-refractivity contribution < 1.29 is 14.3 Å². The van der Waals surface area contributed by atoms with Crippen LogP contribution in [-0.4, -0.2) is 42.2 Å². The molecule has 1 aliphatic rings. The van der Waals surface area contributed by atoms with Gasteiger partial charge in [0, 0.05) is 32.4 Å². The largest absolute Gasteiger partial charge is 0.471 e. The predicted octanol–water partition coefficient (Wildman–Crippen LogP) is 4.12. The van der Waals surface area contributed by atoms with Gasteiger partial charge < -0.3 is 19.3 Å². The average molecular weight is 403 g/mol. The van der Waals surface area contributed by atoms with E-state index in [1.807, 2.05) is 72.8 Å². The van der Waals surface area contributed by atoms with Gasteiger partial charge in [-0.1, -0.05) is 60.7 Å². The molecule has 0 atom stereocenters. The molecule has 1 amide bonds. The van der Waals surface area contributed by atoms with E-state index in [0.717, 1.165) is 16.8 Å². The van der Waals surface area contributed by atoms with Gasteiger partial charge in [0.2, 0.25) is 5.88 Å². The molecule has 6 nitrogen and oxygen atoms in total. The van der Waals surface area contributed by atoms with Gasteiger partial charge in [-0.15, -0.1) is 0 Å². The SMILES string of the molecule is O=C(OCc1ccccc1)N1CCN(c2cccnc2OCc2ccccc2)CC1. The summed E-state index contributed by atoms with van der Waals surface area (Å²) >= 11 is 0. The molecule has 0 aliphatic carbocycles. The Morgan fingerprint density at radius 1 is 0.800 bits per heavy atom. The van der Waals surface area contributed by atoms with Crippen LogP contribution in [-0.2, 0) is 18.0 Å². The van der Waals surface area contributed by atoms with Gasteiger partial charge in [-0.2, -0.15) is 0 Å². The van der Waals surface area contributed by atoms with Crippen molar-refractivity contribution in [3.8, 4) is 5.88 Å². The Hall–Kier alpha value is -3.54. The quantitative estimate of drug-likeness (QED) is 0.620. The van der Waals surface area contributed by atoms with Crippen molar-refractivity contribution >= 4 is 11.8 Å². The number of aromatic nitrogens is 1. The van der Waals surface area contributed by atoms with Gasteiger partial charge in [0.1, 0.15) is 13.2 Å². The van der Waals surface area contributed by atoms with Crippen LogP contribution in [0.3, 0.4) is 0 Å². The first kappa shape index (κ1) is 19.8. The smallest absolute Gasteiger partial charge is 0.410 e. The second kappa shape index (κ2) is 9.78. The summed E-state index contributed by atoms with van der Waals surface area (Å²) < 4.78 is 11.4. The molecular weight excluding hydrogens is 378 g/mol. The van der Waals surface area contributed by atoms with Crippen LogP contribution in [0.25, 0.3) is 0 Å². The molecule has 0 radical (unpaired) electrons. The molecule has 0 unspecified atom stereocenters. The van der Waals surface area contributed by atoms with Crippen molar-refractivity contribution in [2.45, 2.75) is 13.2 Å². The Morgan fingerprint density at radius 2 is 1.43 bits per heavy atom. The molecule has 30 heavy (non-hydrogen) atoms. The Kier molecular flexibility index (Phi) is 6.44. The standard InChI is InChI=1S/C24H25N3O3/c28-24(30-19-21-10-5-2-6-11-21)27-16-14-26(15-17-27)22-12-7-13-25-23(22)29-18-20-8-3-1-4-9-20/h1-13H,14-19H2. The lowest BCUT2D eigenvalue weighted by atomic mass is 10.2. The van der Waals surface area contributed by atoms with Gasteiger partial charge in [-0.05, 0) is 23.3 Å². The highest BCUT2D eigenvalue weighted by Gasteiger charge is 2.24. The van der Waals surface area contributed by atoms with E-state index >= 15 is 0 Å². The molecule has 6 heteroatoms. The first-order valence-corrected chi connectivity index (χ1v) is 10.1. The van der Waals surface area contributed by atoms with Crippen molar-refractivity contribution in [1.29, 1.82) is 0 Å². The molecule has 154 valence electrons. The van der Waals surface area contributed by atoms with Crippen LogP contribution in [0.4, 0.5) is 10.5 Å². The average Bonchev–Trinajstić information content (AvgIpc) is 2.83.